The first-order valence-electron chi connectivity index (χ1n) is 10.6. The van der Waals surface area contributed by atoms with Gasteiger partial charge in [-0.1, -0.05) is 24.3 Å². The molecule has 0 bridgehead atoms. The van der Waals surface area contributed by atoms with E-state index in [0.29, 0.717) is 0 Å². The summed E-state index contributed by atoms with van der Waals surface area (Å²) < 4.78 is 11.4. The van der Waals surface area contributed by atoms with Gasteiger partial charge < -0.3 is 19.3 Å². The fourth-order valence-electron chi connectivity index (χ4n) is 3.79. The normalized spacial score (nSPS) is 15.0. The molecular weight excluding hydrogens is 362 g/mol. The van der Waals surface area contributed by atoms with Gasteiger partial charge in [0.05, 0.1) is 19.4 Å². The summed E-state index contributed by atoms with van der Waals surface area (Å²) in [5.41, 5.74) is 2.52. The Hall–Kier alpha value is -2.24. The molecule has 0 amide bonds. The maximum absolute atomic E-state index is 5.90. The average Bonchev–Trinajstić information content (AvgIpc) is 2.75. The van der Waals surface area contributed by atoms with Crippen molar-refractivity contribution in [3.63, 3.8) is 0 Å². The number of anilines is 1. The van der Waals surface area contributed by atoms with E-state index in [-0.39, 0.29) is 0 Å². The molecule has 3 rings (SSSR count). The third kappa shape index (κ3) is 6.65. The van der Waals surface area contributed by atoms with E-state index in [1.165, 1.54) is 17.7 Å². The van der Waals surface area contributed by atoms with Gasteiger partial charge in [0, 0.05) is 32.7 Å². The average molecular weight is 398 g/mol. The molecule has 29 heavy (non-hydrogen) atoms. The van der Waals surface area contributed by atoms with E-state index in [0.717, 1.165) is 63.8 Å². The van der Waals surface area contributed by atoms with E-state index >= 15 is 0 Å². The van der Waals surface area contributed by atoms with E-state index in [4.69, 9.17) is 9.47 Å². The van der Waals surface area contributed by atoms with Gasteiger partial charge >= 0.3 is 0 Å². The summed E-state index contributed by atoms with van der Waals surface area (Å²) in [7, 11) is 5.92. The van der Waals surface area contributed by atoms with Crippen molar-refractivity contribution in [1.82, 2.24) is 9.80 Å². The summed E-state index contributed by atoms with van der Waals surface area (Å²) in [5, 5.41) is 0. The summed E-state index contributed by atoms with van der Waals surface area (Å²) in [6, 6.07) is 16.8. The van der Waals surface area contributed by atoms with E-state index in [1.807, 2.05) is 12.1 Å². The minimum Gasteiger partial charge on any atom is -0.495 e. The highest BCUT2D eigenvalue weighted by Gasteiger charge is 2.18. The van der Waals surface area contributed by atoms with Gasteiger partial charge in [0.1, 0.15) is 11.5 Å². The summed E-state index contributed by atoms with van der Waals surface area (Å²) in [5.74, 6) is 1.94. The first-order valence-corrected chi connectivity index (χ1v) is 10.6. The zero-order valence-corrected chi connectivity index (χ0v) is 18.1. The Bertz CT molecular complexity index is 725. The lowest BCUT2D eigenvalue weighted by Crippen LogP contribution is -2.46. The van der Waals surface area contributed by atoms with Crippen LogP contribution in [-0.4, -0.2) is 70.3 Å². The molecule has 0 unspecified atom stereocenters. The zero-order valence-electron chi connectivity index (χ0n) is 18.1. The predicted molar refractivity (Wildman–Crippen MR) is 120 cm³/mol. The number of nitrogens with zero attached hydrogens (tertiary/aromatic N) is 3. The topological polar surface area (TPSA) is 28.2 Å². The molecule has 1 heterocycles. The zero-order chi connectivity index (χ0) is 20.5. The monoisotopic (exact) mass is 397 g/mol. The molecule has 2 aromatic rings. The SMILES string of the molecule is COc1ccccc1N1CCN(CCCCOc2ccc(CN(C)C)cc2)CC1. The van der Waals surface area contributed by atoms with Gasteiger partial charge in [-0.2, -0.15) is 0 Å². The van der Waals surface area contributed by atoms with Gasteiger partial charge in [-0.25, -0.2) is 0 Å². The fraction of sp³-hybridized carbons (Fsp3) is 0.500. The molecule has 5 heteroatoms. The first-order chi connectivity index (χ1) is 14.2. The van der Waals surface area contributed by atoms with Crippen molar-refractivity contribution in [2.75, 3.05) is 65.4 Å². The largest absolute Gasteiger partial charge is 0.495 e. The number of ether oxygens (including phenoxy) is 2. The number of hydrogen-bond donors (Lipinski definition) is 0. The third-order valence-electron chi connectivity index (χ3n) is 5.36. The number of para-hydroxylation sites is 2. The first kappa shape index (κ1) is 21.5. The Kier molecular flexibility index (Phi) is 8.20. The number of rotatable bonds is 10. The van der Waals surface area contributed by atoms with Crippen LogP contribution in [0.3, 0.4) is 0 Å². The maximum atomic E-state index is 5.90. The molecule has 5 nitrogen and oxygen atoms in total. The Morgan fingerprint density at radius 2 is 1.62 bits per heavy atom. The highest BCUT2D eigenvalue weighted by molar-refractivity contribution is 5.58. The molecule has 0 atom stereocenters. The van der Waals surface area contributed by atoms with Crippen LogP contribution in [0, 0.1) is 0 Å². The fourth-order valence-corrected chi connectivity index (χ4v) is 3.79. The van der Waals surface area contributed by atoms with Gasteiger partial charge in [0.2, 0.25) is 0 Å². The minimum absolute atomic E-state index is 0.786. The highest BCUT2D eigenvalue weighted by atomic mass is 16.5. The summed E-state index contributed by atoms with van der Waals surface area (Å²) in [6.07, 6.45) is 2.26. The quantitative estimate of drug-likeness (QED) is 0.570. The molecular formula is C24H35N3O2. The molecule has 0 aliphatic carbocycles. The van der Waals surface area contributed by atoms with Crippen LogP contribution < -0.4 is 14.4 Å². The van der Waals surface area contributed by atoms with Crippen molar-refractivity contribution < 1.29 is 9.47 Å². The Morgan fingerprint density at radius 1 is 0.897 bits per heavy atom. The molecule has 0 aromatic heterocycles. The lowest BCUT2D eigenvalue weighted by atomic mass is 10.2. The maximum Gasteiger partial charge on any atom is 0.142 e. The van der Waals surface area contributed by atoms with Gasteiger partial charge in [0.15, 0.2) is 0 Å². The summed E-state index contributed by atoms with van der Waals surface area (Å²) in [6.45, 7) is 7.20. The molecule has 2 aromatic carbocycles. The molecule has 0 radical (unpaired) electrons. The van der Waals surface area contributed by atoms with Crippen molar-refractivity contribution >= 4 is 5.69 Å². The van der Waals surface area contributed by atoms with Crippen molar-refractivity contribution in [3.05, 3.63) is 54.1 Å². The lowest BCUT2D eigenvalue weighted by Gasteiger charge is -2.36. The second-order valence-corrected chi connectivity index (χ2v) is 7.94. The van der Waals surface area contributed by atoms with E-state index in [9.17, 15) is 0 Å². The van der Waals surface area contributed by atoms with Crippen LogP contribution in [0.15, 0.2) is 48.5 Å². The number of piperazine rings is 1. The van der Waals surface area contributed by atoms with Gasteiger partial charge in [-0.3, -0.25) is 4.90 Å². The smallest absolute Gasteiger partial charge is 0.142 e. The van der Waals surface area contributed by atoms with Gasteiger partial charge in [0.25, 0.3) is 0 Å². The van der Waals surface area contributed by atoms with E-state index < -0.39 is 0 Å². The van der Waals surface area contributed by atoms with Crippen LogP contribution in [0.25, 0.3) is 0 Å². The minimum atomic E-state index is 0.786. The predicted octanol–water partition coefficient (Wildman–Crippen LogP) is 3.74. The van der Waals surface area contributed by atoms with Crippen LogP contribution in [0.2, 0.25) is 0 Å². The van der Waals surface area contributed by atoms with Crippen LogP contribution in [0.1, 0.15) is 18.4 Å². The van der Waals surface area contributed by atoms with Crippen LogP contribution >= 0.6 is 0 Å². The van der Waals surface area contributed by atoms with E-state index in [2.05, 4.69) is 65.2 Å². The second kappa shape index (κ2) is 11.1. The van der Waals surface area contributed by atoms with Crippen LogP contribution in [-0.2, 0) is 6.54 Å². The number of hydrogen-bond acceptors (Lipinski definition) is 5. The molecule has 1 aliphatic rings. The van der Waals surface area contributed by atoms with Gasteiger partial charge in [-0.15, -0.1) is 0 Å². The Morgan fingerprint density at radius 3 is 2.31 bits per heavy atom. The number of methoxy groups -OCH3 is 1. The molecule has 0 spiro atoms. The van der Waals surface area contributed by atoms with Crippen molar-refractivity contribution in [3.8, 4) is 11.5 Å². The molecule has 1 fully saturated rings. The van der Waals surface area contributed by atoms with Crippen molar-refractivity contribution in [1.29, 1.82) is 0 Å². The lowest BCUT2D eigenvalue weighted by molar-refractivity contribution is 0.238. The highest BCUT2D eigenvalue weighted by Crippen LogP contribution is 2.28. The molecule has 158 valence electrons. The molecule has 0 N–H and O–H groups in total. The van der Waals surface area contributed by atoms with Gasteiger partial charge in [-0.05, 0) is 63.3 Å². The number of unbranched alkanes of at least 4 members (excludes halogenated alkanes) is 1. The van der Waals surface area contributed by atoms with Crippen LogP contribution in [0.4, 0.5) is 5.69 Å². The summed E-state index contributed by atoms with van der Waals surface area (Å²) in [4.78, 5) is 7.16. The summed E-state index contributed by atoms with van der Waals surface area (Å²) >= 11 is 0. The van der Waals surface area contributed by atoms with Crippen molar-refractivity contribution in [2.45, 2.75) is 19.4 Å². The van der Waals surface area contributed by atoms with Crippen LogP contribution in [0.5, 0.6) is 11.5 Å². The standard InChI is InChI=1S/C24H35N3O2/c1-25(2)20-21-10-12-22(13-11-21)29-19-7-6-14-26-15-17-27(18-16-26)23-8-4-5-9-24(23)28-3/h4-5,8-13H,6-7,14-20H2,1-3H3. The van der Waals surface area contributed by atoms with Crippen molar-refractivity contribution in [2.24, 2.45) is 0 Å². The Labute approximate surface area is 175 Å². The van der Waals surface area contributed by atoms with E-state index in [1.54, 1.807) is 7.11 Å². The molecule has 1 aliphatic heterocycles. The molecule has 1 saturated heterocycles. The Balaban J connectivity index is 1.31. The molecule has 0 saturated carbocycles. The number of benzene rings is 2. The second-order valence-electron chi connectivity index (χ2n) is 7.94. The third-order valence-corrected chi connectivity index (χ3v) is 5.36.